The zero-order valence-electron chi connectivity index (χ0n) is 13.4. The molecule has 0 bridgehead atoms. The van der Waals surface area contributed by atoms with Crippen LogP contribution in [0, 0.1) is 0 Å². The fourth-order valence-electron chi connectivity index (χ4n) is 3.30. The van der Waals surface area contributed by atoms with Crippen LogP contribution < -0.4 is 5.32 Å². The van der Waals surface area contributed by atoms with E-state index in [1.54, 1.807) is 0 Å². The molecule has 2 aliphatic heterocycles. The first-order chi connectivity index (χ1) is 10.8. The molecule has 2 atom stereocenters. The van der Waals surface area contributed by atoms with Crippen molar-refractivity contribution in [1.82, 2.24) is 15.1 Å². The minimum atomic E-state index is -4.93. The van der Waals surface area contributed by atoms with Gasteiger partial charge < -0.3 is 10.2 Å². The lowest BCUT2D eigenvalue weighted by Gasteiger charge is -2.33. The number of carbonyl (C=O) groups is 2. The highest BCUT2D eigenvalue weighted by Gasteiger charge is 2.47. The highest BCUT2D eigenvalue weighted by atomic mass is 19.4. The molecule has 0 spiro atoms. The molecule has 5 nitrogen and oxygen atoms in total. The summed E-state index contributed by atoms with van der Waals surface area (Å²) in [6.45, 7) is 4.35. The van der Waals surface area contributed by atoms with Crippen LogP contribution in [0.2, 0.25) is 0 Å². The first kappa shape index (κ1) is 18.0. The predicted molar refractivity (Wildman–Crippen MR) is 78.7 cm³/mol. The van der Waals surface area contributed by atoms with Gasteiger partial charge in [-0.2, -0.15) is 13.2 Å². The molecule has 0 aromatic carbocycles. The van der Waals surface area contributed by atoms with Gasteiger partial charge in [0.05, 0.1) is 0 Å². The van der Waals surface area contributed by atoms with E-state index in [-0.39, 0.29) is 19.0 Å². The van der Waals surface area contributed by atoms with E-state index in [2.05, 4.69) is 10.2 Å². The molecule has 0 aliphatic carbocycles. The number of alkyl halides is 3. The van der Waals surface area contributed by atoms with Gasteiger partial charge in [-0.05, 0) is 45.7 Å². The van der Waals surface area contributed by atoms with E-state index in [0.29, 0.717) is 17.9 Å². The van der Waals surface area contributed by atoms with Gasteiger partial charge in [-0.25, -0.2) is 0 Å². The van der Waals surface area contributed by atoms with Crippen molar-refractivity contribution in [2.45, 2.75) is 57.3 Å². The van der Waals surface area contributed by atoms with E-state index in [4.69, 9.17) is 0 Å². The summed E-state index contributed by atoms with van der Waals surface area (Å²) in [5.74, 6) is -2.40. The Balaban J connectivity index is 1.85. The second kappa shape index (κ2) is 7.51. The van der Waals surface area contributed by atoms with E-state index >= 15 is 0 Å². The molecule has 1 N–H and O–H groups in total. The van der Waals surface area contributed by atoms with E-state index in [1.165, 1.54) is 6.42 Å². The topological polar surface area (TPSA) is 52.7 Å². The molecule has 2 aliphatic rings. The second-order valence-corrected chi connectivity index (χ2v) is 6.35. The summed E-state index contributed by atoms with van der Waals surface area (Å²) in [6, 6.07) is -0.856. The molecular weight excluding hydrogens is 311 g/mol. The number of carbonyl (C=O) groups excluding carboxylic acids is 2. The standard InChI is InChI=1S/C15H24F3N3O2/c1-11(20-7-3-2-4-8-20)10-19-13(22)12-6-5-9-21(12)14(23)15(16,17)18/h11-12H,2-10H2,1H3,(H,19,22). The summed E-state index contributed by atoms with van der Waals surface area (Å²) < 4.78 is 37.7. The Morgan fingerprint density at radius 2 is 1.78 bits per heavy atom. The molecule has 0 aromatic rings. The van der Waals surface area contributed by atoms with Crippen molar-refractivity contribution in [3.63, 3.8) is 0 Å². The first-order valence-electron chi connectivity index (χ1n) is 8.20. The van der Waals surface area contributed by atoms with Crippen molar-refractivity contribution in [3.05, 3.63) is 0 Å². The Labute approximate surface area is 134 Å². The molecule has 2 heterocycles. The zero-order chi connectivity index (χ0) is 17.0. The molecule has 2 amide bonds. The van der Waals surface area contributed by atoms with Gasteiger partial charge in [0.15, 0.2) is 0 Å². The molecule has 2 fully saturated rings. The van der Waals surface area contributed by atoms with Gasteiger partial charge in [-0.3, -0.25) is 14.5 Å². The van der Waals surface area contributed by atoms with Crippen LogP contribution in [0.5, 0.6) is 0 Å². The summed E-state index contributed by atoms with van der Waals surface area (Å²) in [6.07, 6.45) is -0.743. The fraction of sp³-hybridized carbons (Fsp3) is 0.867. The van der Waals surface area contributed by atoms with Crippen LogP contribution in [0.4, 0.5) is 13.2 Å². The minimum Gasteiger partial charge on any atom is -0.353 e. The Hall–Kier alpha value is -1.31. The Morgan fingerprint density at radius 1 is 1.13 bits per heavy atom. The highest BCUT2D eigenvalue weighted by Crippen LogP contribution is 2.25. The summed E-state index contributed by atoms with van der Waals surface area (Å²) in [5, 5.41) is 2.72. The SMILES string of the molecule is CC(CNC(=O)C1CCCN1C(=O)C(F)(F)F)N1CCCCC1. The summed E-state index contributed by atoms with van der Waals surface area (Å²) in [7, 11) is 0. The molecular formula is C15H24F3N3O2. The summed E-state index contributed by atoms with van der Waals surface area (Å²) in [5.41, 5.74) is 0. The van der Waals surface area contributed by atoms with Gasteiger partial charge in [0.1, 0.15) is 6.04 Å². The van der Waals surface area contributed by atoms with Crippen molar-refractivity contribution < 1.29 is 22.8 Å². The number of rotatable bonds is 4. The number of hydrogen-bond donors (Lipinski definition) is 1. The lowest BCUT2D eigenvalue weighted by Crippen LogP contribution is -2.52. The smallest absolute Gasteiger partial charge is 0.353 e. The zero-order valence-corrected chi connectivity index (χ0v) is 13.4. The maximum absolute atomic E-state index is 12.6. The maximum Gasteiger partial charge on any atom is 0.471 e. The molecule has 0 aromatic heterocycles. The number of likely N-dealkylation sites (tertiary alicyclic amines) is 2. The Kier molecular flexibility index (Phi) is 5.89. The van der Waals surface area contributed by atoms with Crippen LogP contribution in [0.25, 0.3) is 0 Å². The Bertz CT molecular complexity index is 436. The van der Waals surface area contributed by atoms with Gasteiger partial charge in [-0.1, -0.05) is 6.42 Å². The third-order valence-electron chi connectivity index (χ3n) is 4.64. The quantitative estimate of drug-likeness (QED) is 0.848. The average molecular weight is 335 g/mol. The second-order valence-electron chi connectivity index (χ2n) is 6.35. The van der Waals surface area contributed by atoms with Gasteiger partial charge in [0, 0.05) is 19.1 Å². The van der Waals surface area contributed by atoms with Gasteiger partial charge in [-0.15, -0.1) is 0 Å². The number of piperidine rings is 1. The van der Waals surface area contributed by atoms with Crippen LogP contribution in [-0.4, -0.2) is 66.1 Å². The van der Waals surface area contributed by atoms with Crippen LogP contribution in [-0.2, 0) is 9.59 Å². The summed E-state index contributed by atoms with van der Waals surface area (Å²) in [4.78, 5) is 26.5. The van der Waals surface area contributed by atoms with Crippen LogP contribution in [0.15, 0.2) is 0 Å². The van der Waals surface area contributed by atoms with Crippen molar-refractivity contribution in [3.8, 4) is 0 Å². The molecule has 132 valence electrons. The largest absolute Gasteiger partial charge is 0.471 e. The third-order valence-corrected chi connectivity index (χ3v) is 4.64. The van der Waals surface area contributed by atoms with Crippen molar-refractivity contribution in [1.29, 1.82) is 0 Å². The molecule has 2 unspecified atom stereocenters. The van der Waals surface area contributed by atoms with E-state index in [9.17, 15) is 22.8 Å². The molecule has 2 rings (SSSR count). The number of halogens is 3. The molecule has 0 saturated carbocycles. The van der Waals surface area contributed by atoms with Gasteiger partial charge in [0.2, 0.25) is 5.91 Å². The predicted octanol–water partition coefficient (Wildman–Crippen LogP) is 1.53. The van der Waals surface area contributed by atoms with Gasteiger partial charge in [0.25, 0.3) is 0 Å². The van der Waals surface area contributed by atoms with Crippen molar-refractivity contribution in [2.75, 3.05) is 26.2 Å². The molecule has 23 heavy (non-hydrogen) atoms. The fourth-order valence-corrected chi connectivity index (χ4v) is 3.30. The lowest BCUT2D eigenvalue weighted by atomic mass is 10.1. The normalized spacial score (nSPS) is 24.5. The molecule has 8 heteroatoms. The van der Waals surface area contributed by atoms with Crippen LogP contribution >= 0.6 is 0 Å². The average Bonchev–Trinajstić information content (AvgIpc) is 3.00. The Morgan fingerprint density at radius 3 is 2.39 bits per heavy atom. The van der Waals surface area contributed by atoms with Crippen LogP contribution in [0.3, 0.4) is 0 Å². The monoisotopic (exact) mass is 335 g/mol. The van der Waals surface area contributed by atoms with E-state index in [0.717, 1.165) is 25.9 Å². The number of amides is 2. The minimum absolute atomic E-state index is 0.0158. The first-order valence-corrected chi connectivity index (χ1v) is 8.20. The lowest BCUT2D eigenvalue weighted by molar-refractivity contribution is -0.186. The number of nitrogens with one attached hydrogen (secondary N) is 1. The molecule has 2 saturated heterocycles. The van der Waals surface area contributed by atoms with Gasteiger partial charge >= 0.3 is 12.1 Å². The number of nitrogens with zero attached hydrogens (tertiary/aromatic N) is 2. The maximum atomic E-state index is 12.6. The van der Waals surface area contributed by atoms with Crippen molar-refractivity contribution in [2.24, 2.45) is 0 Å². The third kappa shape index (κ3) is 4.59. The summed E-state index contributed by atoms with van der Waals surface area (Å²) >= 11 is 0. The van der Waals surface area contributed by atoms with Crippen LogP contribution in [0.1, 0.15) is 39.0 Å². The molecule has 0 radical (unpaired) electrons. The number of hydrogen-bond acceptors (Lipinski definition) is 3. The van der Waals surface area contributed by atoms with Crippen molar-refractivity contribution >= 4 is 11.8 Å². The van der Waals surface area contributed by atoms with E-state index in [1.807, 2.05) is 6.92 Å². The van der Waals surface area contributed by atoms with E-state index < -0.39 is 24.0 Å². The highest BCUT2D eigenvalue weighted by molar-refractivity contribution is 5.90.